The van der Waals surface area contributed by atoms with Gasteiger partial charge in [-0.25, -0.2) is 4.39 Å². The molecule has 0 spiro atoms. The van der Waals surface area contributed by atoms with Crippen molar-refractivity contribution in [2.24, 2.45) is 0 Å². The van der Waals surface area contributed by atoms with Crippen molar-refractivity contribution in [2.45, 2.75) is 19.4 Å². The quantitative estimate of drug-likeness (QED) is 0.682. The second kappa shape index (κ2) is 7.64. The molecule has 8 heteroatoms. The van der Waals surface area contributed by atoms with Gasteiger partial charge in [-0.05, 0) is 43.3 Å². The summed E-state index contributed by atoms with van der Waals surface area (Å²) in [4.78, 5) is 24.0. The van der Waals surface area contributed by atoms with Crippen LogP contribution in [0.1, 0.15) is 12.6 Å². The summed E-state index contributed by atoms with van der Waals surface area (Å²) in [7, 11) is 0. The number of aromatic nitrogens is 1. The van der Waals surface area contributed by atoms with E-state index in [1.165, 1.54) is 31.2 Å². The zero-order valence-electron chi connectivity index (χ0n) is 13.9. The molecule has 0 aliphatic rings. The average molecular weight is 357 g/mol. The van der Waals surface area contributed by atoms with Crippen LogP contribution in [-0.2, 0) is 16.0 Å². The van der Waals surface area contributed by atoms with Crippen molar-refractivity contribution in [3.05, 3.63) is 60.0 Å². The van der Waals surface area contributed by atoms with E-state index >= 15 is 0 Å². The standard InChI is InChI=1S/C18H16FN3O4/c1-11(25-13-8-6-12(19)7-9-13)18(24)21-20-17(23)10-15-14-4-2-3-5-16(14)26-22-15/h2-9,11H,10H2,1H3,(H,20,23)(H,21,24). The highest BCUT2D eigenvalue weighted by Gasteiger charge is 2.17. The zero-order chi connectivity index (χ0) is 18.5. The summed E-state index contributed by atoms with van der Waals surface area (Å²) in [6.07, 6.45) is -0.932. The number of carbonyl (C=O) groups excluding carboxylic acids is 2. The Kier molecular flexibility index (Phi) is 5.12. The van der Waals surface area contributed by atoms with Gasteiger partial charge < -0.3 is 9.26 Å². The maximum Gasteiger partial charge on any atom is 0.279 e. The Balaban J connectivity index is 1.50. The van der Waals surface area contributed by atoms with Crippen LogP contribution < -0.4 is 15.6 Å². The van der Waals surface area contributed by atoms with Gasteiger partial charge in [-0.2, -0.15) is 0 Å². The molecule has 3 aromatic rings. The van der Waals surface area contributed by atoms with E-state index in [0.717, 1.165) is 5.39 Å². The molecule has 0 saturated carbocycles. The van der Waals surface area contributed by atoms with Gasteiger partial charge in [0.1, 0.15) is 17.3 Å². The third-order valence-corrected chi connectivity index (χ3v) is 3.60. The Labute approximate surface area is 148 Å². The largest absolute Gasteiger partial charge is 0.481 e. The summed E-state index contributed by atoms with van der Waals surface area (Å²) in [6, 6.07) is 12.4. The molecule has 1 unspecified atom stereocenters. The van der Waals surface area contributed by atoms with E-state index in [-0.39, 0.29) is 6.42 Å². The van der Waals surface area contributed by atoms with Crippen LogP contribution in [0.15, 0.2) is 53.1 Å². The molecule has 0 saturated heterocycles. The number of fused-ring (bicyclic) bond motifs is 1. The molecule has 2 amide bonds. The predicted molar refractivity (Wildman–Crippen MR) is 90.5 cm³/mol. The van der Waals surface area contributed by atoms with Gasteiger partial charge >= 0.3 is 0 Å². The maximum atomic E-state index is 12.9. The van der Waals surface area contributed by atoms with Gasteiger partial charge in [0.05, 0.1) is 6.42 Å². The van der Waals surface area contributed by atoms with E-state index in [1.807, 2.05) is 6.07 Å². The highest BCUT2D eigenvalue weighted by atomic mass is 19.1. The number of hydrogen-bond donors (Lipinski definition) is 2. The lowest BCUT2D eigenvalue weighted by Crippen LogP contribution is -2.47. The first-order valence-electron chi connectivity index (χ1n) is 7.87. The third kappa shape index (κ3) is 4.15. The molecule has 0 fully saturated rings. The summed E-state index contributed by atoms with van der Waals surface area (Å²) >= 11 is 0. The van der Waals surface area contributed by atoms with E-state index in [2.05, 4.69) is 16.0 Å². The summed E-state index contributed by atoms with van der Waals surface area (Å²) in [5, 5.41) is 4.59. The van der Waals surface area contributed by atoms with Crippen LogP contribution in [0.5, 0.6) is 5.75 Å². The van der Waals surface area contributed by atoms with Crippen molar-refractivity contribution in [1.29, 1.82) is 0 Å². The number of rotatable bonds is 5. The van der Waals surface area contributed by atoms with E-state index in [9.17, 15) is 14.0 Å². The number of ether oxygens (including phenoxy) is 1. The van der Waals surface area contributed by atoms with Crippen molar-refractivity contribution < 1.29 is 23.2 Å². The molecule has 26 heavy (non-hydrogen) atoms. The van der Waals surface area contributed by atoms with Crippen LogP contribution in [0.3, 0.4) is 0 Å². The van der Waals surface area contributed by atoms with Crippen molar-refractivity contribution in [1.82, 2.24) is 16.0 Å². The first kappa shape index (κ1) is 17.4. The number of halogens is 1. The number of hydrazine groups is 1. The van der Waals surface area contributed by atoms with Crippen molar-refractivity contribution in [3.63, 3.8) is 0 Å². The first-order valence-corrected chi connectivity index (χ1v) is 7.87. The fourth-order valence-corrected chi connectivity index (χ4v) is 2.27. The molecule has 1 heterocycles. The molecule has 134 valence electrons. The highest BCUT2D eigenvalue weighted by molar-refractivity contribution is 5.88. The molecule has 3 rings (SSSR count). The monoisotopic (exact) mass is 357 g/mol. The topological polar surface area (TPSA) is 93.5 Å². The van der Waals surface area contributed by atoms with Gasteiger partial charge in [-0.15, -0.1) is 0 Å². The van der Waals surface area contributed by atoms with Gasteiger partial charge in [-0.3, -0.25) is 20.4 Å². The lowest BCUT2D eigenvalue weighted by molar-refractivity contribution is -0.132. The van der Waals surface area contributed by atoms with Crippen LogP contribution in [0.4, 0.5) is 4.39 Å². The molecule has 0 radical (unpaired) electrons. The normalized spacial score (nSPS) is 11.8. The second-order valence-corrected chi connectivity index (χ2v) is 5.55. The third-order valence-electron chi connectivity index (χ3n) is 3.60. The number of nitrogens with one attached hydrogen (secondary N) is 2. The van der Waals surface area contributed by atoms with Gasteiger partial charge in [0.25, 0.3) is 5.91 Å². The Morgan fingerprint density at radius 2 is 1.88 bits per heavy atom. The lowest BCUT2D eigenvalue weighted by Gasteiger charge is -2.15. The minimum absolute atomic E-state index is 0.0511. The number of amides is 2. The summed E-state index contributed by atoms with van der Waals surface area (Å²) < 4.78 is 23.3. The maximum absolute atomic E-state index is 12.9. The number of benzene rings is 2. The highest BCUT2D eigenvalue weighted by Crippen LogP contribution is 2.18. The van der Waals surface area contributed by atoms with Crippen LogP contribution in [0, 0.1) is 5.82 Å². The SMILES string of the molecule is CC(Oc1ccc(F)cc1)C(=O)NNC(=O)Cc1noc2ccccc12. The molecular weight excluding hydrogens is 341 g/mol. The Morgan fingerprint density at radius 3 is 2.65 bits per heavy atom. The molecule has 1 atom stereocenters. The lowest BCUT2D eigenvalue weighted by atomic mass is 10.2. The van der Waals surface area contributed by atoms with Crippen LogP contribution in [0.25, 0.3) is 11.0 Å². The molecular formula is C18H16FN3O4. The Bertz CT molecular complexity index is 924. The smallest absolute Gasteiger partial charge is 0.279 e. The minimum atomic E-state index is -0.881. The van der Waals surface area contributed by atoms with Crippen LogP contribution >= 0.6 is 0 Å². The van der Waals surface area contributed by atoms with Crippen molar-refractivity contribution >= 4 is 22.8 Å². The van der Waals surface area contributed by atoms with Gasteiger partial charge in [0.2, 0.25) is 5.91 Å². The van der Waals surface area contributed by atoms with Gasteiger partial charge in [0.15, 0.2) is 11.7 Å². The minimum Gasteiger partial charge on any atom is -0.481 e. The molecule has 7 nitrogen and oxygen atoms in total. The molecule has 2 N–H and O–H groups in total. The zero-order valence-corrected chi connectivity index (χ0v) is 13.9. The average Bonchev–Trinajstić information content (AvgIpc) is 3.04. The summed E-state index contributed by atoms with van der Waals surface area (Å²) in [6.45, 7) is 1.51. The molecule has 1 aromatic heterocycles. The molecule has 0 aliphatic heterocycles. The van der Waals surface area contributed by atoms with E-state index in [4.69, 9.17) is 9.26 Å². The number of nitrogens with zero attached hydrogens (tertiary/aromatic N) is 1. The molecule has 0 bridgehead atoms. The van der Waals surface area contributed by atoms with Gasteiger partial charge in [0, 0.05) is 5.39 Å². The summed E-state index contributed by atoms with van der Waals surface area (Å²) in [5.74, 6) is -1.06. The van der Waals surface area contributed by atoms with E-state index in [0.29, 0.717) is 17.0 Å². The predicted octanol–water partition coefficient (Wildman–Crippen LogP) is 2.12. The van der Waals surface area contributed by atoms with Crippen molar-refractivity contribution in [3.8, 4) is 5.75 Å². The number of para-hydroxylation sites is 1. The van der Waals surface area contributed by atoms with Crippen molar-refractivity contribution in [2.75, 3.05) is 0 Å². The second-order valence-electron chi connectivity index (χ2n) is 5.55. The van der Waals surface area contributed by atoms with Gasteiger partial charge in [-0.1, -0.05) is 17.3 Å². The number of carbonyl (C=O) groups is 2. The fourth-order valence-electron chi connectivity index (χ4n) is 2.27. The van der Waals surface area contributed by atoms with E-state index in [1.54, 1.807) is 18.2 Å². The Hall–Kier alpha value is -3.42. The van der Waals surface area contributed by atoms with Crippen LogP contribution in [-0.4, -0.2) is 23.1 Å². The summed E-state index contributed by atoms with van der Waals surface area (Å²) in [5.41, 5.74) is 5.64. The molecule has 0 aliphatic carbocycles. The first-order chi connectivity index (χ1) is 12.5. The number of hydrogen-bond acceptors (Lipinski definition) is 5. The van der Waals surface area contributed by atoms with Crippen LogP contribution in [0.2, 0.25) is 0 Å². The fraction of sp³-hybridized carbons (Fsp3) is 0.167. The van der Waals surface area contributed by atoms with E-state index < -0.39 is 23.7 Å². The molecule has 2 aromatic carbocycles. The Morgan fingerprint density at radius 1 is 1.15 bits per heavy atom.